The van der Waals surface area contributed by atoms with E-state index in [-0.39, 0.29) is 22.6 Å². The third kappa shape index (κ3) is 6.04. The fraction of sp³-hybridized carbons (Fsp3) is 0.476. The van der Waals surface area contributed by atoms with E-state index in [1.807, 2.05) is 4.72 Å². The molecule has 2 saturated heterocycles. The Morgan fingerprint density at radius 1 is 1.14 bits per heavy atom. The normalized spacial score (nSPS) is 19.7. The summed E-state index contributed by atoms with van der Waals surface area (Å²) in [5.74, 6) is -1.19. The molecule has 2 N–H and O–H groups in total. The van der Waals surface area contributed by atoms with Gasteiger partial charge in [0, 0.05) is 29.4 Å². The second kappa shape index (κ2) is 10.9. The summed E-state index contributed by atoms with van der Waals surface area (Å²) in [6, 6.07) is 5.34. The van der Waals surface area contributed by atoms with Crippen molar-refractivity contribution in [2.75, 3.05) is 39.4 Å². The molecular weight excluding hydrogens is 536 g/mol. The topological polar surface area (TPSA) is 125 Å². The lowest BCUT2D eigenvalue weighted by Gasteiger charge is -2.32. The number of rotatable bonds is 8. The second-order valence-electron chi connectivity index (χ2n) is 8.12. The van der Waals surface area contributed by atoms with Gasteiger partial charge in [0.15, 0.2) is 0 Å². The molecule has 0 saturated carbocycles. The van der Waals surface area contributed by atoms with Crippen LogP contribution in [0.5, 0.6) is 0 Å². The largest absolute Gasteiger partial charge is 0.378 e. The molecule has 0 spiro atoms. The van der Waals surface area contributed by atoms with Crippen molar-refractivity contribution in [3.63, 3.8) is 0 Å². The maximum Gasteiger partial charge on any atom is 0.273 e. The van der Waals surface area contributed by atoms with Gasteiger partial charge in [0.1, 0.15) is 10.3 Å². The molecule has 10 nitrogen and oxygen atoms in total. The van der Waals surface area contributed by atoms with Crippen molar-refractivity contribution in [3.05, 3.63) is 28.6 Å². The molecule has 14 heteroatoms. The average molecular weight is 561 g/mol. The third-order valence-corrected chi connectivity index (χ3v) is 10.2. The monoisotopic (exact) mass is 560 g/mol. The molecule has 0 aromatic carbocycles. The van der Waals surface area contributed by atoms with Crippen molar-refractivity contribution < 1.29 is 27.5 Å². The molecule has 0 unspecified atom stereocenters. The molecule has 4 rings (SSSR count). The number of carbonyl (C=O) groups is 3. The zero-order valence-electron chi connectivity index (χ0n) is 18.9. The number of nitrogens with one attached hydrogen (secondary N) is 2. The van der Waals surface area contributed by atoms with Gasteiger partial charge in [-0.3, -0.25) is 19.7 Å². The van der Waals surface area contributed by atoms with Gasteiger partial charge >= 0.3 is 0 Å². The van der Waals surface area contributed by atoms with E-state index in [0.29, 0.717) is 43.6 Å². The molecule has 0 bridgehead atoms. The van der Waals surface area contributed by atoms with Crippen molar-refractivity contribution in [2.24, 2.45) is 0 Å². The summed E-state index contributed by atoms with van der Waals surface area (Å²) >= 11 is 8.31. The molecule has 2 atom stereocenters. The standard InChI is InChI=1S/C21H25ClN4O6S3/c1-13(20(28)25-8-10-32-11-9-25)26-7-6-14(21(26)29)23-12-18(27)24-35(30,31)19-5-3-16(34-19)15-2-4-17(22)33-15/h2-5,13-14,23H,6-12H2,1H3,(H,24,27)/t13-,14-/m0/s1. The molecule has 2 aliphatic heterocycles. The Morgan fingerprint density at radius 2 is 1.83 bits per heavy atom. The highest BCUT2D eigenvalue weighted by Gasteiger charge is 2.38. The molecule has 0 aliphatic carbocycles. The van der Waals surface area contributed by atoms with Crippen LogP contribution < -0.4 is 10.0 Å². The highest BCUT2D eigenvalue weighted by Crippen LogP contribution is 2.36. The highest BCUT2D eigenvalue weighted by atomic mass is 35.5. The lowest BCUT2D eigenvalue weighted by Crippen LogP contribution is -2.52. The zero-order chi connectivity index (χ0) is 25.2. The Balaban J connectivity index is 1.29. The quantitative estimate of drug-likeness (QED) is 0.499. The zero-order valence-corrected chi connectivity index (χ0v) is 22.1. The number of morpholine rings is 1. The third-order valence-electron chi connectivity index (χ3n) is 5.81. The van der Waals surface area contributed by atoms with Gasteiger partial charge in [0.2, 0.25) is 17.7 Å². The summed E-state index contributed by atoms with van der Waals surface area (Å²) in [7, 11) is -4.05. The van der Waals surface area contributed by atoms with Crippen LogP contribution in [0.1, 0.15) is 13.3 Å². The molecule has 4 heterocycles. The lowest BCUT2D eigenvalue weighted by atomic mass is 10.2. The molecular formula is C21H25ClN4O6S3. The first-order valence-corrected chi connectivity index (χ1v) is 14.5. The van der Waals surface area contributed by atoms with Gasteiger partial charge < -0.3 is 14.5 Å². The molecule has 2 fully saturated rings. The SMILES string of the molecule is C[C@@H](C(=O)N1CCOCC1)N1CC[C@H](NCC(=O)NS(=O)(=O)c2ccc(-c3ccc(Cl)s3)s2)C1=O. The average Bonchev–Trinajstić information content (AvgIpc) is 3.57. The first kappa shape index (κ1) is 26.0. The van der Waals surface area contributed by atoms with E-state index in [1.54, 1.807) is 30.0 Å². The van der Waals surface area contributed by atoms with Gasteiger partial charge in [-0.15, -0.1) is 22.7 Å². The summed E-state index contributed by atoms with van der Waals surface area (Å²) in [6.07, 6.45) is 0.414. The lowest BCUT2D eigenvalue weighted by molar-refractivity contribution is -0.146. The number of hydrogen-bond acceptors (Lipinski definition) is 9. The van der Waals surface area contributed by atoms with Crippen LogP contribution in [0.25, 0.3) is 9.75 Å². The van der Waals surface area contributed by atoms with Crippen molar-refractivity contribution >= 4 is 62.0 Å². The minimum Gasteiger partial charge on any atom is -0.378 e. The summed E-state index contributed by atoms with van der Waals surface area (Å²) in [5.41, 5.74) is 0. The van der Waals surface area contributed by atoms with E-state index in [2.05, 4.69) is 5.32 Å². The maximum absolute atomic E-state index is 12.8. The van der Waals surface area contributed by atoms with Crippen molar-refractivity contribution in [3.8, 4) is 9.75 Å². The Labute approximate surface area is 216 Å². The smallest absolute Gasteiger partial charge is 0.273 e. The number of hydrogen-bond donors (Lipinski definition) is 2. The summed E-state index contributed by atoms with van der Waals surface area (Å²) in [4.78, 5) is 42.6. The molecule has 0 radical (unpaired) electrons. The number of ether oxygens (including phenoxy) is 1. The number of amides is 3. The number of likely N-dealkylation sites (tertiary alicyclic amines) is 1. The summed E-state index contributed by atoms with van der Waals surface area (Å²) < 4.78 is 33.1. The molecule has 3 amide bonds. The first-order valence-electron chi connectivity index (χ1n) is 11.0. The summed E-state index contributed by atoms with van der Waals surface area (Å²) in [6.45, 7) is 3.65. The van der Waals surface area contributed by atoms with Crippen LogP contribution in [0.2, 0.25) is 4.34 Å². The highest BCUT2D eigenvalue weighted by molar-refractivity contribution is 7.92. The number of nitrogens with zero attached hydrogens (tertiary/aromatic N) is 2. The minimum atomic E-state index is -4.05. The van der Waals surface area contributed by atoms with Gasteiger partial charge in [-0.2, -0.15) is 0 Å². The Morgan fingerprint density at radius 3 is 2.51 bits per heavy atom. The van der Waals surface area contributed by atoms with Crippen molar-refractivity contribution in [1.29, 1.82) is 0 Å². The van der Waals surface area contributed by atoms with E-state index >= 15 is 0 Å². The van der Waals surface area contributed by atoms with Crippen LogP contribution in [0, 0.1) is 0 Å². The van der Waals surface area contributed by atoms with E-state index < -0.39 is 28.0 Å². The first-order chi connectivity index (χ1) is 16.7. The number of halogens is 1. The molecule has 2 aliphatic rings. The molecule has 190 valence electrons. The van der Waals surface area contributed by atoms with E-state index in [0.717, 1.165) is 21.1 Å². The maximum atomic E-state index is 12.8. The predicted octanol–water partition coefficient (Wildman–Crippen LogP) is 1.37. The fourth-order valence-corrected chi connectivity index (χ4v) is 7.38. The van der Waals surface area contributed by atoms with Gasteiger partial charge in [0.05, 0.1) is 30.1 Å². The van der Waals surface area contributed by atoms with Crippen LogP contribution in [-0.4, -0.2) is 87.4 Å². The summed E-state index contributed by atoms with van der Waals surface area (Å²) in [5, 5.41) is 2.82. The van der Waals surface area contributed by atoms with Crippen LogP contribution in [0.3, 0.4) is 0 Å². The van der Waals surface area contributed by atoms with Crippen LogP contribution in [0.4, 0.5) is 0 Å². The fourth-order valence-electron chi connectivity index (χ4n) is 3.95. The van der Waals surface area contributed by atoms with Gasteiger partial charge in [-0.1, -0.05) is 11.6 Å². The number of sulfonamides is 1. The van der Waals surface area contributed by atoms with E-state index in [1.165, 1.54) is 22.3 Å². The van der Waals surface area contributed by atoms with E-state index in [9.17, 15) is 22.8 Å². The van der Waals surface area contributed by atoms with Gasteiger partial charge in [-0.05, 0) is 37.6 Å². The number of carbonyl (C=O) groups excluding carboxylic acids is 3. The van der Waals surface area contributed by atoms with Crippen LogP contribution >= 0.6 is 34.3 Å². The van der Waals surface area contributed by atoms with E-state index in [4.69, 9.17) is 16.3 Å². The Kier molecular flexibility index (Phi) is 8.13. The van der Waals surface area contributed by atoms with Crippen molar-refractivity contribution in [1.82, 2.24) is 19.8 Å². The number of thiophene rings is 2. The second-order valence-corrected chi connectivity index (χ2v) is 12.8. The molecule has 2 aromatic rings. The Hall–Kier alpha value is -2.03. The van der Waals surface area contributed by atoms with Crippen LogP contribution in [0.15, 0.2) is 28.5 Å². The van der Waals surface area contributed by atoms with Gasteiger partial charge in [-0.25, -0.2) is 13.1 Å². The van der Waals surface area contributed by atoms with Crippen molar-refractivity contribution in [2.45, 2.75) is 29.6 Å². The minimum absolute atomic E-state index is 0.00365. The van der Waals surface area contributed by atoms with Gasteiger partial charge in [0.25, 0.3) is 10.0 Å². The predicted molar refractivity (Wildman–Crippen MR) is 133 cm³/mol. The Bertz CT molecular complexity index is 1210. The molecule has 35 heavy (non-hydrogen) atoms. The molecule has 2 aromatic heterocycles. The van der Waals surface area contributed by atoms with Crippen LogP contribution in [-0.2, 0) is 29.1 Å².